The van der Waals surface area contributed by atoms with Crippen molar-refractivity contribution in [2.75, 3.05) is 13.1 Å². The van der Waals surface area contributed by atoms with Gasteiger partial charge in [-0.1, -0.05) is 35.9 Å². The molecule has 0 saturated carbocycles. The third-order valence-electron chi connectivity index (χ3n) is 3.83. The summed E-state index contributed by atoms with van der Waals surface area (Å²) in [6, 6.07) is 11.5. The Bertz CT molecular complexity index is 900. The van der Waals surface area contributed by atoms with E-state index >= 15 is 0 Å². The highest BCUT2D eigenvalue weighted by molar-refractivity contribution is 8.18. The van der Waals surface area contributed by atoms with E-state index in [1.165, 1.54) is 17.4 Å². The number of hydrogen-bond acceptors (Lipinski definition) is 5. The van der Waals surface area contributed by atoms with E-state index in [1.54, 1.807) is 12.2 Å². The van der Waals surface area contributed by atoms with Crippen molar-refractivity contribution in [3.8, 4) is 0 Å². The number of benzene rings is 1. The molecule has 0 unspecified atom stereocenters. The summed E-state index contributed by atoms with van der Waals surface area (Å²) in [6.45, 7) is 2.35. The molecule has 0 atom stereocenters. The smallest absolute Gasteiger partial charge is 0.293 e. The SMILES string of the molecule is Cc1ccc(C=C2SC(=O)N(CCNC(=O)C=Cc3cccs3)C2=O)cc1. The van der Waals surface area contributed by atoms with E-state index in [9.17, 15) is 14.4 Å². The molecule has 1 fully saturated rings. The summed E-state index contributed by atoms with van der Waals surface area (Å²) in [4.78, 5) is 38.9. The van der Waals surface area contributed by atoms with Gasteiger partial charge in [0.25, 0.3) is 11.1 Å². The van der Waals surface area contributed by atoms with Gasteiger partial charge in [-0.2, -0.15) is 0 Å². The van der Waals surface area contributed by atoms with Gasteiger partial charge < -0.3 is 5.32 Å². The third kappa shape index (κ3) is 5.18. The molecule has 0 bridgehead atoms. The lowest BCUT2D eigenvalue weighted by atomic mass is 10.1. The molecule has 1 aliphatic rings. The topological polar surface area (TPSA) is 66.5 Å². The van der Waals surface area contributed by atoms with Crippen molar-refractivity contribution in [3.63, 3.8) is 0 Å². The summed E-state index contributed by atoms with van der Waals surface area (Å²) in [5.41, 5.74) is 2.00. The van der Waals surface area contributed by atoms with Crippen molar-refractivity contribution in [1.82, 2.24) is 10.2 Å². The monoisotopic (exact) mass is 398 g/mol. The molecule has 3 rings (SSSR count). The van der Waals surface area contributed by atoms with Gasteiger partial charge in [-0.15, -0.1) is 11.3 Å². The lowest BCUT2D eigenvalue weighted by Crippen LogP contribution is -2.36. The zero-order valence-electron chi connectivity index (χ0n) is 14.7. The molecule has 1 N–H and O–H groups in total. The highest BCUT2D eigenvalue weighted by Gasteiger charge is 2.34. The van der Waals surface area contributed by atoms with Crippen LogP contribution in [0.4, 0.5) is 4.79 Å². The Labute approximate surface area is 165 Å². The second-order valence-corrected chi connectivity index (χ2v) is 7.86. The number of carbonyl (C=O) groups excluding carboxylic acids is 3. The maximum Gasteiger partial charge on any atom is 0.293 e. The van der Waals surface area contributed by atoms with Gasteiger partial charge in [0.2, 0.25) is 5.91 Å². The Hall–Kier alpha value is -2.64. The summed E-state index contributed by atoms with van der Waals surface area (Å²) in [5.74, 6) is -0.584. The molecule has 0 spiro atoms. The minimum atomic E-state index is -0.325. The van der Waals surface area contributed by atoms with E-state index in [4.69, 9.17) is 0 Å². The molecule has 1 aromatic heterocycles. The number of thioether (sulfide) groups is 1. The normalized spacial score (nSPS) is 15.9. The van der Waals surface area contributed by atoms with Crippen LogP contribution in [0.15, 0.2) is 52.8 Å². The number of carbonyl (C=O) groups is 3. The number of hydrogen-bond donors (Lipinski definition) is 1. The first kappa shape index (κ1) is 19.1. The largest absolute Gasteiger partial charge is 0.351 e. The van der Waals surface area contributed by atoms with Gasteiger partial charge in [-0.25, -0.2) is 0 Å². The van der Waals surface area contributed by atoms with Gasteiger partial charge in [0.15, 0.2) is 0 Å². The van der Waals surface area contributed by atoms with Gasteiger partial charge in [-0.05, 0) is 47.8 Å². The molecule has 1 aromatic carbocycles. The predicted octanol–water partition coefficient (Wildman–Crippen LogP) is 3.92. The fourth-order valence-electron chi connectivity index (χ4n) is 2.40. The third-order valence-corrected chi connectivity index (χ3v) is 5.57. The predicted molar refractivity (Wildman–Crippen MR) is 110 cm³/mol. The standard InChI is InChI=1S/C20H18N2O3S2/c1-14-4-6-15(7-5-14)13-17-19(24)22(20(25)27-17)11-10-21-18(23)9-8-16-3-2-12-26-16/h2-9,12-13H,10-11H2,1H3,(H,21,23). The van der Waals surface area contributed by atoms with Crippen molar-refractivity contribution < 1.29 is 14.4 Å². The van der Waals surface area contributed by atoms with Gasteiger partial charge in [0.05, 0.1) is 4.91 Å². The van der Waals surface area contributed by atoms with E-state index in [0.29, 0.717) is 4.91 Å². The first-order chi connectivity index (χ1) is 13.0. The number of rotatable bonds is 6. The molecule has 138 valence electrons. The Kier molecular flexibility index (Phi) is 6.26. The van der Waals surface area contributed by atoms with Crippen LogP contribution in [-0.4, -0.2) is 35.0 Å². The van der Waals surface area contributed by atoms with E-state index in [1.807, 2.05) is 48.7 Å². The molecule has 1 saturated heterocycles. The zero-order valence-corrected chi connectivity index (χ0v) is 16.3. The quantitative estimate of drug-likeness (QED) is 0.749. The maximum atomic E-state index is 12.4. The number of thiophene rings is 1. The zero-order chi connectivity index (χ0) is 19.2. The maximum absolute atomic E-state index is 12.4. The van der Waals surface area contributed by atoms with Crippen LogP contribution in [0.1, 0.15) is 16.0 Å². The number of amides is 3. The summed E-state index contributed by atoms with van der Waals surface area (Å²) >= 11 is 2.46. The van der Waals surface area contributed by atoms with Crippen LogP contribution < -0.4 is 5.32 Å². The molecule has 0 radical (unpaired) electrons. The van der Waals surface area contributed by atoms with Crippen molar-refractivity contribution in [2.24, 2.45) is 0 Å². The summed E-state index contributed by atoms with van der Waals surface area (Å²) in [7, 11) is 0. The van der Waals surface area contributed by atoms with Crippen LogP contribution in [-0.2, 0) is 9.59 Å². The average molecular weight is 399 g/mol. The molecule has 2 heterocycles. The van der Waals surface area contributed by atoms with Crippen LogP contribution >= 0.6 is 23.1 Å². The fourth-order valence-corrected chi connectivity index (χ4v) is 3.88. The summed E-state index contributed by atoms with van der Waals surface area (Å²) < 4.78 is 0. The Morgan fingerprint density at radius 1 is 1.19 bits per heavy atom. The van der Waals surface area contributed by atoms with Crippen LogP contribution in [0.3, 0.4) is 0 Å². The molecule has 0 aliphatic carbocycles. The van der Waals surface area contributed by atoms with E-state index in [0.717, 1.165) is 32.7 Å². The lowest BCUT2D eigenvalue weighted by Gasteiger charge is -2.12. The summed E-state index contributed by atoms with van der Waals surface area (Å²) in [6.07, 6.45) is 4.88. The molecule has 2 aromatic rings. The second kappa shape index (κ2) is 8.83. The molecule has 5 nitrogen and oxygen atoms in total. The molecular formula is C20H18N2O3S2. The van der Waals surface area contributed by atoms with Gasteiger partial charge in [-0.3, -0.25) is 19.3 Å². The van der Waals surface area contributed by atoms with Crippen LogP contribution in [0.25, 0.3) is 12.2 Å². The first-order valence-electron chi connectivity index (χ1n) is 8.34. The van der Waals surface area contributed by atoms with Crippen molar-refractivity contribution in [2.45, 2.75) is 6.92 Å². The Balaban J connectivity index is 1.53. The molecule has 7 heteroatoms. The highest BCUT2D eigenvalue weighted by Crippen LogP contribution is 2.31. The van der Waals surface area contributed by atoms with Gasteiger partial charge in [0, 0.05) is 24.0 Å². The van der Waals surface area contributed by atoms with Crippen molar-refractivity contribution in [3.05, 3.63) is 68.8 Å². The van der Waals surface area contributed by atoms with Crippen molar-refractivity contribution >= 4 is 52.3 Å². The minimum Gasteiger partial charge on any atom is -0.351 e. The molecule has 1 aliphatic heterocycles. The van der Waals surface area contributed by atoms with E-state index < -0.39 is 0 Å². The van der Waals surface area contributed by atoms with Crippen LogP contribution in [0.5, 0.6) is 0 Å². The average Bonchev–Trinajstić information content (AvgIpc) is 3.26. The highest BCUT2D eigenvalue weighted by atomic mass is 32.2. The minimum absolute atomic E-state index is 0.147. The van der Waals surface area contributed by atoms with Crippen LogP contribution in [0, 0.1) is 6.92 Å². The number of nitrogens with one attached hydrogen (secondary N) is 1. The number of imide groups is 1. The molecule has 27 heavy (non-hydrogen) atoms. The Morgan fingerprint density at radius 3 is 2.67 bits per heavy atom. The molecule has 3 amide bonds. The van der Waals surface area contributed by atoms with Gasteiger partial charge in [0.1, 0.15) is 0 Å². The van der Waals surface area contributed by atoms with E-state index in [-0.39, 0.29) is 30.1 Å². The Morgan fingerprint density at radius 2 is 1.96 bits per heavy atom. The number of aryl methyl sites for hydroxylation is 1. The van der Waals surface area contributed by atoms with E-state index in [2.05, 4.69) is 5.32 Å². The van der Waals surface area contributed by atoms with Crippen LogP contribution in [0.2, 0.25) is 0 Å². The fraction of sp³-hybridized carbons (Fsp3) is 0.150. The number of nitrogens with zero attached hydrogens (tertiary/aromatic N) is 1. The molecular weight excluding hydrogens is 380 g/mol. The second-order valence-electron chi connectivity index (χ2n) is 5.88. The summed E-state index contributed by atoms with van der Waals surface area (Å²) in [5, 5.41) is 4.30. The first-order valence-corrected chi connectivity index (χ1v) is 10.0. The van der Waals surface area contributed by atoms with Gasteiger partial charge >= 0.3 is 0 Å². The lowest BCUT2D eigenvalue weighted by molar-refractivity contribution is -0.123. The van der Waals surface area contributed by atoms with Crippen molar-refractivity contribution in [1.29, 1.82) is 0 Å².